The Kier molecular flexibility index (Phi) is 10.1. The number of amides is 2. The Labute approximate surface area is 250 Å². The number of benzene rings is 3. The van der Waals surface area contributed by atoms with Gasteiger partial charge < -0.3 is 15.0 Å². The van der Waals surface area contributed by atoms with Crippen LogP contribution >= 0.6 is 15.9 Å². The number of hydrogen-bond donors (Lipinski definition) is 1. The number of rotatable bonds is 11. The van der Waals surface area contributed by atoms with Gasteiger partial charge in [0.1, 0.15) is 18.3 Å². The number of aryl methyl sites for hydroxylation is 1. The number of carbonyl (C=O) groups excluding carboxylic acids is 2. The van der Waals surface area contributed by atoms with E-state index in [-0.39, 0.29) is 23.4 Å². The minimum absolute atomic E-state index is 0.0261. The molecule has 0 aliphatic heterocycles. The lowest BCUT2D eigenvalue weighted by Crippen LogP contribution is -2.52. The molecule has 8 nitrogen and oxygen atoms in total. The zero-order valence-electron chi connectivity index (χ0n) is 23.5. The lowest BCUT2D eigenvalue weighted by atomic mass is 10.1. The third kappa shape index (κ3) is 7.68. The highest BCUT2D eigenvalue weighted by atomic mass is 79.9. The molecular weight excluding hydrogens is 606 g/mol. The molecule has 41 heavy (non-hydrogen) atoms. The van der Waals surface area contributed by atoms with Crippen molar-refractivity contribution in [3.8, 4) is 5.75 Å². The summed E-state index contributed by atoms with van der Waals surface area (Å²) in [6.07, 6.45) is 3.96. The summed E-state index contributed by atoms with van der Waals surface area (Å²) in [5, 5.41) is 3.08. The molecular formula is C31H36BrN3O5S. The minimum Gasteiger partial charge on any atom is -0.497 e. The van der Waals surface area contributed by atoms with Crippen molar-refractivity contribution in [3.05, 3.63) is 88.4 Å². The number of methoxy groups -OCH3 is 1. The number of hydrogen-bond acceptors (Lipinski definition) is 5. The summed E-state index contributed by atoms with van der Waals surface area (Å²) in [6, 6.07) is 19.8. The fraction of sp³-hybridized carbons (Fsp3) is 0.355. The summed E-state index contributed by atoms with van der Waals surface area (Å²) in [5.74, 6) is -0.216. The van der Waals surface area contributed by atoms with Crippen molar-refractivity contribution in [1.29, 1.82) is 0 Å². The van der Waals surface area contributed by atoms with Gasteiger partial charge in [-0.05, 0) is 80.8 Å². The number of sulfonamides is 1. The number of carbonyl (C=O) groups is 2. The van der Waals surface area contributed by atoms with Crippen LogP contribution in [0.2, 0.25) is 0 Å². The summed E-state index contributed by atoms with van der Waals surface area (Å²) < 4.78 is 35.1. The van der Waals surface area contributed by atoms with Crippen molar-refractivity contribution in [1.82, 2.24) is 10.2 Å². The van der Waals surface area contributed by atoms with Crippen LogP contribution in [0.25, 0.3) is 0 Å². The first-order valence-corrected chi connectivity index (χ1v) is 15.9. The van der Waals surface area contributed by atoms with Gasteiger partial charge in [0.15, 0.2) is 0 Å². The van der Waals surface area contributed by atoms with Gasteiger partial charge in [-0.15, -0.1) is 0 Å². The van der Waals surface area contributed by atoms with Gasteiger partial charge in [0.05, 0.1) is 17.7 Å². The van der Waals surface area contributed by atoms with E-state index in [1.165, 1.54) is 24.1 Å². The fourth-order valence-electron chi connectivity index (χ4n) is 4.88. The molecule has 1 aliphatic rings. The molecule has 3 aromatic rings. The van der Waals surface area contributed by atoms with Crippen LogP contribution in [-0.4, -0.2) is 50.9 Å². The van der Waals surface area contributed by atoms with Crippen LogP contribution in [0.4, 0.5) is 5.69 Å². The summed E-state index contributed by atoms with van der Waals surface area (Å²) in [5.41, 5.74) is 2.13. The van der Waals surface area contributed by atoms with E-state index in [0.29, 0.717) is 11.4 Å². The Hall–Kier alpha value is -3.37. The third-order valence-electron chi connectivity index (χ3n) is 7.38. The highest BCUT2D eigenvalue weighted by Crippen LogP contribution is 2.27. The van der Waals surface area contributed by atoms with Crippen LogP contribution in [0.15, 0.2) is 82.2 Å². The number of anilines is 1. The molecule has 10 heteroatoms. The Morgan fingerprint density at radius 3 is 2.17 bits per heavy atom. The molecule has 218 valence electrons. The summed E-state index contributed by atoms with van der Waals surface area (Å²) in [7, 11) is -2.64. The maximum Gasteiger partial charge on any atom is 0.264 e. The van der Waals surface area contributed by atoms with E-state index in [0.717, 1.165) is 45.6 Å². The SMILES string of the molecule is COc1ccc(S(=O)(=O)N(CC(=O)N(Cc2ccc(Br)cc2)[C@H](C)C(=O)NC2CCCC2)c2ccc(C)cc2)cc1. The zero-order valence-corrected chi connectivity index (χ0v) is 25.9. The Morgan fingerprint density at radius 1 is 0.976 bits per heavy atom. The predicted molar refractivity (Wildman–Crippen MR) is 163 cm³/mol. The van der Waals surface area contributed by atoms with E-state index in [2.05, 4.69) is 21.2 Å². The van der Waals surface area contributed by atoms with Gasteiger partial charge in [-0.25, -0.2) is 8.42 Å². The van der Waals surface area contributed by atoms with Gasteiger partial charge in [-0.3, -0.25) is 13.9 Å². The van der Waals surface area contributed by atoms with Crippen LogP contribution in [0.3, 0.4) is 0 Å². The maximum absolute atomic E-state index is 14.0. The maximum atomic E-state index is 14.0. The molecule has 1 aliphatic carbocycles. The third-order valence-corrected chi connectivity index (χ3v) is 9.70. The summed E-state index contributed by atoms with van der Waals surface area (Å²) >= 11 is 3.43. The van der Waals surface area contributed by atoms with Crippen molar-refractivity contribution in [2.45, 2.75) is 63.1 Å². The molecule has 0 saturated heterocycles. The van der Waals surface area contributed by atoms with E-state index in [1.54, 1.807) is 43.3 Å². The predicted octanol–water partition coefficient (Wildman–Crippen LogP) is 5.44. The first-order chi connectivity index (χ1) is 19.6. The average Bonchev–Trinajstić information content (AvgIpc) is 3.48. The molecule has 0 bridgehead atoms. The minimum atomic E-state index is -4.14. The van der Waals surface area contributed by atoms with E-state index in [4.69, 9.17) is 4.74 Å². The molecule has 1 N–H and O–H groups in total. The fourth-order valence-corrected chi connectivity index (χ4v) is 6.55. The molecule has 3 aromatic carbocycles. The lowest BCUT2D eigenvalue weighted by Gasteiger charge is -2.32. The topological polar surface area (TPSA) is 96.0 Å². The second-order valence-corrected chi connectivity index (χ2v) is 13.1. The normalized spacial score (nSPS) is 14.3. The number of nitrogens with zero attached hydrogens (tertiary/aromatic N) is 2. The van der Waals surface area contributed by atoms with Gasteiger partial charge >= 0.3 is 0 Å². The quantitative estimate of drug-likeness (QED) is 0.301. The van der Waals surface area contributed by atoms with Gasteiger partial charge in [-0.2, -0.15) is 0 Å². The Balaban J connectivity index is 1.67. The summed E-state index contributed by atoms with van der Waals surface area (Å²) in [4.78, 5) is 28.8. The second kappa shape index (κ2) is 13.5. The van der Waals surface area contributed by atoms with Crippen LogP contribution < -0.4 is 14.4 Å². The molecule has 4 rings (SSSR count). The molecule has 0 aromatic heterocycles. The van der Waals surface area contributed by atoms with Crippen LogP contribution in [0.5, 0.6) is 5.75 Å². The van der Waals surface area contributed by atoms with Crippen LogP contribution in [0.1, 0.15) is 43.7 Å². The lowest BCUT2D eigenvalue weighted by molar-refractivity contribution is -0.139. The average molecular weight is 643 g/mol. The monoisotopic (exact) mass is 641 g/mol. The van der Waals surface area contributed by atoms with Crippen molar-refractivity contribution >= 4 is 43.5 Å². The van der Waals surface area contributed by atoms with Crippen molar-refractivity contribution < 1.29 is 22.7 Å². The van der Waals surface area contributed by atoms with E-state index >= 15 is 0 Å². The molecule has 1 saturated carbocycles. The standard InChI is InChI=1S/C31H36BrN3O5S/c1-22-8-14-27(15-9-22)35(41(38,39)29-18-16-28(40-3)17-19-29)21-30(36)34(20-24-10-12-25(32)13-11-24)23(2)31(37)33-26-6-4-5-7-26/h8-19,23,26H,4-7,20-21H2,1-3H3,(H,33,37)/t23-/m1/s1. The molecule has 1 fully saturated rings. The van der Waals surface area contributed by atoms with Crippen LogP contribution in [-0.2, 0) is 26.2 Å². The Morgan fingerprint density at radius 2 is 1.59 bits per heavy atom. The molecule has 1 atom stereocenters. The molecule has 0 spiro atoms. The first-order valence-electron chi connectivity index (χ1n) is 13.7. The van der Waals surface area contributed by atoms with Crippen molar-refractivity contribution in [3.63, 3.8) is 0 Å². The van der Waals surface area contributed by atoms with Crippen LogP contribution in [0, 0.1) is 6.92 Å². The molecule has 2 amide bonds. The highest BCUT2D eigenvalue weighted by Gasteiger charge is 2.33. The first kappa shape index (κ1) is 30.6. The van der Waals surface area contributed by atoms with Gasteiger partial charge in [0.25, 0.3) is 10.0 Å². The smallest absolute Gasteiger partial charge is 0.264 e. The Bertz CT molecular complexity index is 1440. The highest BCUT2D eigenvalue weighted by molar-refractivity contribution is 9.10. The van der Waals surface area contributed by atoms with Crippen molar-refractivity contribution in [2.24, 2.45) is 0 Å². The van der Waals surface area contributed by atoms with Crippen molar-refractivity contribution in [2.75, 3.05) is 18.0 Å². The van der Waals surface area contributed by atoms with Gasteiger partial charge in [0, 0.05) is 17.1 Å². The molecule has 0 unspecified atom stereocenters. The van der Waals surface area contributed by atoms with E-state index in [1.807, 2.05) is 31.2 Å². The largest absolute Gasteiger partial charge is 0.497 e. The van der Waals surface area contributed by atoms with Gasteiger partial charge in [0.2, 0.25) is 11.8 Å². The number of halogens is 1. The molecule has 0 radical (unpaired) electrons. The van der Waals surface area contributed by atoms with E-state index in [9.17, 15) is 18.0 Å². The molecule has 0 heterocycles. The summed E-state index contributed by atoms with van der Waals surface area (Å²) in [6.45, 7) is 3.27. The van der Waals surface area contributed by atoms with Gasteiger partial charge in [-0.1, -0.05) is 58.6 Å². The van der Waals surface area contributed by atoms with E-state index < -0.39 is 28.5 Å². The second-order valence-electron chi connectivity index (χ2n) is 10.3. The number of ether oxygens (including phenoxy) is 1. The zero-order chi connectivity index (χ0) is 29.6. The number of nitrogens with one attached hydrogen (secondary N) is 1.